The van der Waals surface area contributed by atoms with Gasteiger partial charge in [0.05, 0.1) is 17.3 Å². The van der Waals surface area contributed by atoms with Crippen molar-refractivity contribution in [1.29, 1.82) is 5.26 Å². The molecule has 0 unspecified atom stereocenters. The fourth-order valence-electron chi connectivity index (χ4n) is 2.95. The Labute approximate surface area is 156 Å². The van der Waals surface area contributed by atoms with E-state index >= 15 is 0 Å². The number of benzene rings is 2. The van der Waals surface area contributed by atoms with Crippen LogP contribution in [0, 0.1) is 24.1 Å². The van der Waals surface area contributed by atoms with Crippen LogP contribution in [0.3, 0.4) is 0 Å². The first-order chi connectivity index (χ1) is 12.9. The highest BCUT2D eigenvalue weighted by Crippen LogP contribution is 2.34. The molecule has 6 heteroatoms. The average molecular weight is 363 g/mol. The summed E-state index contributed by atoms with van der Waals surface area (Å²) < 4.78 is 21.2. The topological polar surface area (TPSA) is 67.9 Å². The number of carbonyl (C=O) groups is 1. The zero-order valence-corrected chi connectivity index (χ0v) is 15.2. The van der Waals surface area contributed by atoms with Crippen molar-refractivity contribution in [2.45, 2.75) is 26.8 Å². The summed E-state index contributed by atoms with van der Waals surface area (Å²) in [6, 6.07) is 11.2. The molecular weight excluding hydrogens is 345 g/mol. The molecule has 2 aromatic carbocycles. The van der Waals surface area contributed by atoms with Crippen molar-refractivity contribution in [3.05, 3.63) is 65.1 Å². The fourth-order valence-corrected chi connectivity index (χ4v) is 2.95. The van der Waals surface area contributed by atoms with E-state index in [-0.39, 0.29) is 17.4 Å². The second-order valence-electron chi connectivity index (χ2n) is 6.41. The monoisotopic (exact) mass is 363 g/mol. The van der Waals surface area contributed by atoms with Crippen LogP contribution in [0.4, 0.5) is 4.39 Å². The molecule has 0 spiro atoms. The smallest absolute Gasteiger partial charge is 0.151 e. The first kappa shape index (κ1) is 18.3. The van der Waals surface area contributed by atoms with E-state index in [1.165, 1.54) is 12.1 Å². The van der Waals surface area contributed by atoms with E-state index in [9.17, 15) is 9.18 Å². The predicted octanol–water partition coefficient (Wildman–Crippen LogP) is 5.06. The van der Waals surface area contributed by atoms with Crippen LogP contribution in [-0.4, -0.2) is 16.1 Å². The summed E-state index contributed by atoms with van der Waals surface area (Å²) in [6.07, 6.45) is 2.47. The molecule has 0 aliphatic carbocycles. The van der Waals surface area contributed by atoms with Gasteiger partial charge in [-0.2, -0.15) is 10.4 Å². The van der Waals surface area contributed by atoms with Gasteiger partial charge in [0.25, 0.3) is 0 Å². The lowest BCUT2D eigenvalue weighted by Crippen LogP contribution is -2.06. The van der Waals surface area contributed by atoms with Gasteiger partial charge < -0.3 is 4.74 Å². The minimum absolute atomic E-state index is 0.141. The van der Waals surface area contributed by atoms with Crippen molar-refractivity contribution in [3.8, 4) is 28.8 Å². The molecule has 0 N–H and O–H groups in total. The van der Waals surface area contributed by atoms with E-state index in [0.717, 1.165) is 23.6 Å². The standard InChI is InChI=1S/C21H18FN3O2/c1-13(2)25-20(6-7-24-25)18-4-5-21(14(3)19(18)12-26)27-17-9-15(11-23)8-16(22)10-17/h4-10,12-13H,1-3H3. The van der Waals surface area contributed by atoms with E-state index in [1.807, 2.05) is 30.7 Å². The highest BCUT2D eigenvalue weighted by molar-refractivity contribution is 5.89. The molecule has 0 aliphatic heterocycles. The summed E-state index contributed by atoms with van der Waals surface area (Å²) in [6.45, 7) is 5.79. The molecule has 0 atom stereocenters. The molecule has 0 saturated heterocycles. The Morgan fingerprint density at radius 1 is 1.26 bits per heavy atom. The van der Waals surface area contributed by atoms with Crippen molar-refractivity contribution in [2.24, 2.45) is 0 Å². The summed E-state index contributed by atoms with van der Waals surface area (Å²) in [5, 5.41) is 13.3. The van der Waals surface area contributed by atoms with Gasteiger partial charge in [-0.15, -0.1) is 0 Å². The predicted molar refractivity (Wildman–Crippen MR) is 99.4 cm³/mol. The van der Waals surface area contributed by atoms with E-state index < -0.39 is 5.82 Å². The second kappa shape index (κ2) is 7.42. The summed E-state index contributed by atoms with van der Waals surface area (Å²) in [4.78, 5) is 11.8. The van der Waals surface area contributed by atoms with Gasteiger partial charge in [-0.1, -0.05) is 0 Å². The van der Waals surface area contributed by atoms with Crippen molar-refractivity contribution < 1.29 is 13.9 Å². The van der Waals surface area contributed by atoms with Gasteiger partial charge in [0.1, 0.15) is 17.3 Å². The van der Waals surface area contributed by atoms with Gasteiger partial charge in [0.2, 0.25) is 0 Å². The largest absolute Gasteiger partial charge is 0.457 e. The maximum atomic E-state index is 13.6. The highest BCUT2D eigenvalue weighted by atomic mass is 19.1. The molecule has 0 radical (unpaired) electrons. The van der Waals surface area contributed by atoms with Crippen LogP contribution >= 0.6 is 0 Å². The van der Waals surface area contributed by atoms with Crippen LogP contribution in [-0.2, 0) is 0 Å². The van der Waals surface area contributed by atoms with Gasteiger partial charge in [-0.05, 0) is 51.1 Å². The molecular formula is C21H18FN3O2. The number of ether oxygens (including phenoxy) is 1. The van der Waals surface area contributed by atoms with E-state index in [4.69, 9.17) is 10.00 Å². The third kappa shape index (κ3) is 3.58. The van der Waals surface area contributed by atoms with Crippen LogP contribution in [0.25, 0.3) is 11.3 Å². The first-order valence-corrected chi connectivity index (χ1v) is 8.45. The number of rotatable bonds is 5. The normalized spacial score (nSPS) is 10.7. The molecule has 0 saturated carbocycles. The summed E-state index contributed by atoms with van der Waals surface area (Å²) in [5.74, 6) is 0.0622. The minimum Gasteiger partial charge on any atom is -0.457 e. The van der Waals surface area contributed by atoms with Gasteiger partial charge in [0, 0.05) is 35.0 Å². The maximum absolute atomic E-state index is 13.6. The number of aromatic nitrogens is 2. The Kier molecular flexibility index (Phi) is 5.04. The van der Waals surface area contributed by atoms with Gasteiger partial charge in [-0.25, -0.2) is 4.39 Å². The Morgan fingerprint density at radius 2 is 2.04 bits per heavy atom. The van der Waals surface area contributed by atoms with Crippen LogP contribution in [0.15, 0.2) is 42.6 Å². The molecule has 1 aromatic heterocycles. The first-order valence-electron chi connectivity index (χ1n) is 8.45. The molecule has 3 aromatic rings. The zero-order valence-electron chi connectivity index (χ0n) is 15.2. The van der Waals surface area contributed by atoms with Crippen molar-refractivity contribution in [1.82, 2.24) is 9.78 Å². The Bertz CT molecular complexity index is 1050. The van der Waals surface area contributed by atoms with E-state index in [1.54, 1.807) is 25.3 Å². The lowest BCUT2D eigenvalue weighted by atomic mass is 9.99. The number of nitrogens with zero attached hydrogens (tertiary/aromatic N) is 3. The SMILES string of the molecule is Cc1c(Oc2cc(F)cc(C#N)c2)ccc(-c2ccnn2C(C)C)c1C=O. The number of aldehydes is 1. The number of hydrogen-bond acceptors (Lipinski definition) is 4. The molecule has 1 heterocycles. The minimum atomic E-state index is -0.560. The van der Waals surface area contributed by atoms with Crippen LogP contribution in [0.1, 0.15) is 41.4 Å². The van der Waals surface area contributed by atoms with Crippen molar-refractivity contribution in [3.63, 3.8) is 0 Å². The maximum Gasteiger partial charge on any atom is 0.151 e. The third-order valence-corrected chi connectivity index (χ3v) is 4.25. The number of nitriles is 1. The molecule has 0 fully saturated rings. The molecule has 5 nitrogen and oxygen atoms in total. The molecule has 0 aliphatic rings. The molecule has 27 heavy (non-hydrogen) atoms. The molecule has 3 rings (SSSR count). The average Bonchev–Trinajstić information content (AvgIpc) is 3.12. The highest BCUT2D eigenvalue weighted by Gasteiger charge is 2.17. The Morgan fingerprint density at radius 3 is 2.70 bits per heavy atom. The fraction of sp³-hybridized carbons (Fsp3) is 0.190. The Balaban J connectivity index is 2.05. The van der Waals surface area contributed by atoms with Gasteiger partial charge in [-0.3, -0.25) is 9.48 Å². The van der Waals surface area contributed by atoms with E-state index in [0.29, 0.717) is 16.9 Å². The van der Waals surface area contributed by atoms with Crippen molar-refractivity contribution in [2.75, 3.05) is 0 Å². The number of halogens is 1. The van der Waals surface area contributed by atoms with Crippen LogP contribution < -0.4 is 4.74 Å². The summed E-state index contributed by atoms with van der Waals surface area (Å²) >= 11 is 0. The summed E-state index contributed by atoms with van der Waals surface area (Å²) in [7, 11) is 0. The lowest BCUT2D eigenvalue weighted by Gasteiger charge is -2.16. The van der Waals surface area contributed by atoms with Gasteiger partial charge in [0.15, 0.2) is 6.29 Å². The third-order valence-electron chi connectivity index (χ3n) is 4.25. The summed E-state index contributed by atoms with van der Waals surface area (Å²) in [5.41, 5.74) is 2.85. The second-order valence-corrected chi connectivity index (χ2v) is 6.41. The Hall–Kier alpha value is -3.46. The van der Waals surface area contributed by atoms with Crippen LogP contribution in [0.2, 0.25) is 0 Å². The molecule has 0 amide bonds. The molecule has 0 bridgehead atoms. The van der Waals surface area contributed by atoms with Crippen molar-refractivity contribution >= 4 is 6.29 Å². The number of hydrogen-bond donors (Lipinski definition) is 0. The lowest BCUT2D eigenvalue weighted by molar-refractivity contribution is 0.112. The van der Waals surface area contributed by atoms with E-state index in [2.05, 4.69) is 5.10 Å². The van der Waals surface area contributed by atoms with Gasteiger partial charge >= 0.3 is 0 Å². The quantitative estimate of drug-likeness (QED) is 0.595. The number of carbonyl (C=O) groups excluding carboxylic acids is 1. The molecule has 136 valence electrons. The zero-order chi connectivity index (χ0) is 19.6. The van der Waals surface area contributed by atoms with Crippen LogP contribution in [0.5, 0.6) is 11.5 Å².